The summed E-state index contributed by atoms with van der Waals surface area (Å²) in [6.07, 6.45) is 0.563. The minimum atomic E-state index is -0.385. The maximum Gasteiger partial charge on any atom is 0.278 e. The monoisotopic (exact) mass is 458 g/mol. The quantitative estimate of drug-likeness (QED) is 0.486. The summed E-state index contributed by atoms with van der Waals surface area (Å²) in [6, 6.07) is 22.0. The predicted molar refractivity (Wildman–Crippen MR) is 130 cm³/mol. The van der Waals surface area contributed by atoms with E-state index in [2.05, 4.69) is 5.32 Å². The van der Waals surface area contributed by atoms with Gasteiger partial charge >= 0.3 is 0 Å². The van der Waals surface area contributed by atoms with Crippen LogP contribution in [0.25, 0.3) is 5.57 Å². The van der Waals surface area contributed by atoms with E-state index in [1.165, 1.54) is 12.0 Å². The molecule has 3 aromatic rings. The second kappa shape index (κ2) is 10.1. The number of nitrogens with zero attached hydrogens (tertiary/aromatic N) is 1. The van der Waals surface area contributed by atoms with Gasteiger partial charge in [0.25, 0.3) is 11.8 Å². The number of anilines is 1. The van der Waals surface area contributed by atoms with Crippen LogP contribution in [0.3, 0.4) is 0 Å². The van der Waals surface area contributed by atoms with Gasteiger partial charge in [-0.3, -0.25) is 14.5 Å². The molecule has 7 heteroatoms. The number of ether oxygens (including phenoxy) is 3. The second-order valence-corrected chi connectivity index (χ2v) is 7.67. The van der Waals surface area contributed by atoms with Gasteiger partial charge in [0.15, 0.2) is 0 Å². The Kier molecular flexibility index (Phi) is 6.82. The fraction of sp³-hybridized carbons (Fsp3) is 0.185. The Bertz CT molecular complexity index is 1220. The Labute approximate surface area is 198 Å². The zero-order valence-electron chi connectivity index (χ0n) is 19.3. The molecular formula is C27H26N2O5. The lowest BCUT2D eigenvalue weighted by atomic mass is 10.0. The van der Waals surface area contributed by atoms with Crippen molar-refractivity contribution in [2.45, 2.75) is 6.42 Å². The highest BCUT2D eigenvalue weighted by atomic mass is 16.5. The Hall–Kier alpha value is -4.26. The zero-order valence-corrected chi connectivity index (χ0v) is 19.3. The lowest BCUT2D eigenvalue weighted by Gasteiger charge is -2.16. The SMILES string of the molecule is COc1ccc(C2=C(Nc3ccc(OC)cc3OC)C(=O)N(CCc3ccccc3)C2=O)cc1. The van der Waals surface area contributed by atoms with Gasteiger partial charge in [0.1, 0.15) is 22.9 Å². The number of carbonyl (C=O) groups excluding carboxylic acids is 2. The molecule has 1 N–H and O–H groups in total. The van der Waals surface area contributed by atoms with Crippen LogP contribution in [-0.4, -0.2) is 44.6 Å². The third-order valence-electron chi connectivity index (χ3n) is 5.68. The summed E-state index contributed by atoms with van der Waals surface area (Å²) in [5, 5.41) is 3.15. The Balaban J connectivity index is 1.70. The first-order valence-electron chi connectivity index (χ1n) is 10.8. The standard InChI is InChI=1S/C27H26N2O5/c1-32-20-11-9-19(10-12-20)24-25(28-22-14-13-21(33-2)17-23(22)34-3)27(31)29(26(24)30)16-15-18-7-5-4-6-8-18/h4-14,17,28H,15-16H2,1-3H3. The summed E-state index contributed by atoms with van der Waals surface area (Å²) in [4.78, 5) is 28.2. The number of hydrogen-bond acceptors (Lipinski definition) is 6. The highest BCUT2D eigenvalue weighted by molar-refractivity contribution is 6.36. The summed E-state index contributed by atoms with van der Waals surface area (Å²) in [5.74, 6) is 1.04. The lowest BCUT2D eigenvalue weighted by molar-refractivity contribution is -0.136. The maximum atomic E-state index is 13.5. The molecule has 0 fully saturated rings. The van der Waals surface area contributed by atoms with Crippen LogP contribution in [-0.2, 0) is 16.0 Å². The van der Waals surface area contributed by atoms with Gasteiger partial charge in [-0.25, -0.2) is 0 Å². The number of imide groups is 1. The Morgan fingerprint density at radius 1 is 0.765 bits per heavy atom. The van der Waals surface area contributed by atoms with Crippen molar-refractivity contribution in [1.29, 1.82) is 0 Å². The minimum Gasteiger partial charge on any atom is -0.497 e. The van der Waals surface area contributed by atoms with Gasteiger partial charge in [0.05, 0.1) is 32.6 Å². The van der Waals surface area contributed by atoms with Crippen molar-refractivity contribution < 1.29 is 23.8 Å². The fourth-order valence-electron chi connectivity index (χ4n) is 3.84. The molecule has 0 bridgehead atoms. The third-order valence-corrected chi connectivity index (χ3v) is 5.68. The van der Waals surface area contributed by atoms with Crippen LogP contribution in [0.15, 0.2) is 78.5 Å². The van der Waals surface area contributed by atoms with E-state index in [0.29, 0.717) is 40.5 Å². The molecule has 4 rings (SSSR count). The van der Waals surface area contributed by atoms with Crippen molar-refractivity contribution in [2.24, 2.45) is 0 Å². The highest BCUT2D eigenvalue weighted by Gasteiger charge is 2.39. The van der Waals surface area contributed by atoms with Gasteiger partial charge in [-0.05, 0) is 41.8 Å². The number of carbonyl (C=O) groups is 2. The van der Waals surface area contributed by atoms with Gasteiger partial charge in [-0.15, -0.1) is 0 Å². The third kappa shape index (κ3) is 4.59. The molecule has 3 aromatic carbocycles. The van der Waals surface area contributed by atoms with Crippen LogP contribution in [0.2, 0.25) is 0 Å². The topological polar surface area (TPSA) is 77.1 Å². The molecule has 0 spiro atoms. The molecule has 0 atom stereocenters. The molecule has 0 unspecified atom stereocenters. The lowest BCUT2D eigenvalue weighted by Crippen LogP contribution is -2.34. The van der Waals surface area contributed by atoms with Gasteiger partial charge in [-0.1, -0.05) is 42.5 Å². The molecule has 0 aromatic heterocycles. The summed E-state index contributed by atoms with van der Waals surface area (Å²) in [6.45, 7) is 0.270. The van der Waals surface area contributed by atoms with Gasteiger partial charge < -0.3 is 19.5 Å². The van der Waals surface area contributed by atoms with Crippen LogP contribution in [0, 0.1) is 0 Å². The smallest absolute Gasteiger partial charge is 0.278 e. The summed E-state index contributed by atoms with van der Waals surface area (Å²) in [7, 11) is 4.68. The van der Waals surface area contributed by atoms with E-state index < -0.39 is 0 Å². The van der Waals surface area contributed by atoms with Gasteiger partial charge in [-0.2, -0.15) is 0 Å². The molecule has 1 aliphatic heterocycles. The molecule has 34 heavy (non-hydrogen) atoms. The summed E-state index contributed by atoms with van der Waals surface area (Å²) >= 11 is 0. The largest absolute Gasteiger partial charge is 0.497 e. The molecule has 0 radical (unpaired) electrons. The van der Waals surface area contributed by atoms with E-state index in [1.54, 1.807) is 56.7 Å². The molecule has 0 saturated heterocycles. The minimum absolute atomic E-state index is 0.201. The van der Waals surface area contributed by atoms with Crippen molar-refractivity contribution in [3.05, 3.63) is 89.6 Å². The second-order valence-electron chi connectivity index (χ2n) is 7.67. The number of rotatable bonds is 9. The van der Waals surface area contributed by atoms with Crippen molar-refractivity contribution in [1.82, 2.24) is 4.90 Å². The zero-order chi connectivity index (χ0) is 24.1. The fourth-order valence-corrected chi connectivity index (χ4v) is 3.84. The Morgan fingerprint density at radius 3 is 2.09 bits per heavy atom. The first-order chi connectivity index (χ1) is 16.5. The van der Waals surface area contributed by atoms with Gasteiger partial charge in [0, 0.05) is 12.6 Å². The summed E-state index contributed by atoms with van der Waals surface area (Å²) in [5.41, 5.74) is 2.73. The Morgan fingerprint density at radius 2 is 1.44 bits per heavy atom. The normalized spacial score (nSPS) is 13.3. The van der Waals surface area contributed by atoms with E-state index >= 15 is 0 Å². The molecule has 1 heterocycles. The molecule has 2 amide bonds. The van der Waals surface area contributed by atoms with E-state index in [4.69, 9.17) is 14.2 Å². The number of hydrogen-bond donors (Lipinski definition) is 1. The molecule has 0 saturated carbocycles. The predicted octanol–water partition coefficient (Wildman–Crippen LogP) is 4.15. The number of benzene rings is 3. The average Bonchev–Trinajstić information content (AvgIpc) is 3.12. The van der Waals surface area contributed by atoms with E-state index in [9.17, 15) is 9.59 Å². The molecular weight excluding hydrogens is 432 g/mol. The molecule has 7 nitrogen and oxygen atoms in total. The average molecular weight is 459 g/mol. The van der Waals surface area contributed by atoms with E-state index in [0.717, 1.165) is 5.56 Å². The number of methoxy groups -OCH3 is 3. The van der Waals surface area contributed by atoms with Crippen molar-refractivity contribution in [3.63, 3.8) is 0 Å². The first-order valence-corrected chi connectivity index (χ1v) is 10.8. The molecule has 0 aliphatic carbocycles. The van der Waals surface area contributed by atoms with Crippen LogP contribution in [0.4, 0.5) is 5.69 Å². The first kappa shape index (κ1) is 22.9. The van der Waals surface area contributed by atoms with Crippen LogP contribution in [0.1, 0.15) is 11.1 Å². The highest BCUT2D eigenvalue weighted by Crippen LogP contribution is 2.35. The number of nitrogens with one attached hydrogen (secondary N) is 1. The van der Waals surface area contributed by atoms with Crippen LogP contribution >= 0.6 is 0 Å². The van der Waals surface area contributed by atoms with E-state index in [-0.39, 0.29) is 24.1 Å². The van der Waals surface area contributed by atoms with Crippen molar-refractivity contribution in [2.75, 3.05) is 33.2 Å². The van der Waals surface area contributed by atoms with Crippen molar-refractivity contribution >= 4 is 23.1 Å². The summed E-state index contributed by atoms with van der Waals surface area (Å²) < 4.78 is 16.0. The number of amides is 2. The van der Waals surface area contributed by atoms with Crippen LogP contribution in [0.5, 0.6) is 17.2 Å². The molecule has 174 valence electrons. The van der Waals surface area contributed by atoms with Gasteiger partial charge in [0.2, 0.25) is 0 Å². The van der Waals surface area contributed by atoms with Crippen molar-refractivity contribution in [3.8, 4) is 17.2 Å². The molecule has 1 aliphatic rings. The maximum absolute atomic E-state index is 13.5. The van der Waals surface area contributed by atoms with Crippen LogP contribution < -0.4 is 19.5 Å². The van der Waals surface area contributed by atoms with E-state index in [1.807, 2.05) is 30.3 Å².